The molecular weight excluding hydrogens is 219 g/mol. The summed E-state index contributed by atoms with van der Waals surface area (Å²) in [5.41, 5.74) is 5.47. The van der Waals surface area contributed by atoms with E-state index in [1.54, 1.807) is 11.1 Å². The van der Waals surface area contributed by atoms with E-state index in [-0.39, 0.29) is 0 Å². The number of nitrogens with one attached hydrogen (secondary N) is 2. The Morgan fingerprint density at radius 1 is 0.929 bits per heavy atom. The highest BCUT2D eigenvalue weighted by molar-refractivity contribution is 6.25. The van der Waals surface area contributed by atoms with E-state index in [2.05, 4.69) is 10.6 Å². The Labute approximate surface area is 97.4 Å². The average Bonchev–Trinajstić information content (AvgIpc) is 2.19. The van der Waals surface area contributed by atoms with Crippen LogP contribution >= 0.6 is 23.2 Å². The van der Waals surface area contributed by atoms with Gasteiger partial charge in [-0.05, 0) is 39.1 Å². The number of rotatable bonds is 4. The van der Waals surface area contributed by atoms with Crippen LogP contribution in [0.2, 0.25) is 0 Å². The minimum Gasteiger partial charge on any atom is -0.316 e. The highest BCUT2D eigenvalue weighted by atomic mass is 35.5. The Balaban J connectivity index is 0. The third-order valence-corrected chi connectivity index (χ3v) is 2.03. The van der Waals surface area contributed by atoms with E-state index in [0.29, 0.717) is 0 Å². The summed E-state index contributed by atoms with van der Waals surface area (Å²) in [5, 5.41) is 5.93. The molecule has 84 valence electrons. The van der Waals surface area contributed by atoms with Crippen molar-refractivity contribution in [3.63, 3.8) is 0 Å². The fourth-order valence-corrected chi connectivity index (χ4v) is 0.789. The summed E-state index contributed by atoms with van der Waals surface area (Å²) in [6, 6.07) is 0. The molecule has 0 bridgehead atoms. The van der Waals surface area contributed by atoms with Gasteiger partial charge in [0.05, 0.1) is 0 Å². The molecule has 0 aromatic heterocycles. The summed E-state index contributed by atoms with van der Waals surface area (Å²) < 4.78 is 0. The van der Waals surface area contributed by atoms with Gasteiger partial charge in [-0.1, -0.05) is 23.2 Å². The lowest BCUT2D eigenvalue weighted by molar-refractivity contribution is 0.882. The lowest BCUT2D eigenvalue weighted by Crippen LogP contribution is -2.07. The van der Waals surface area contributed by atoms with Gasteiger partial charge in [0.25, 0.3) is 0 Å². The predicted octanol–water partition coefficient (Wildman–Crippen LogP) is 2.70. The van der Waals surface area contributed by atoms with E-state index in [9.17, 15) is 0 Å². The molecule has 2 nitrogen and oxygen atoms in total. The van der Waals surface area contributed by atoms with E-state index in [1.807, 2.05) is 27.9 Å². The predicted molar refractivity (Wildman–Crippen MR) is 67.1 cm³/mol. The van der Waals surface area contributed by atoms with Gasteiger partial charge in [0.15, 0.2) is 0 Å². The topological polar surface area (TPSA) is 24.1 Å². The van der Waals surface area contributed by atoms with Crippen molar-refractivity contribution >= 4 is 23.2 Å². The Bertz CT molecular complexity index is 157. The molecule has 0 atom stereocenters. The minimum absolute atomic E-state index is 0.878. The van der Waals surface area contributed by atoms with Crippen LogP contribution in [0.4, 0.5) is 0 Å². The quantitative estimate of drug-likeness (QED) is 0.788. The first-order chi connectivity index (χ1) is 6.62. The van der Waals surface area contributed by atoms with E-state index >= 15 is 0 Å². The molecule has 2 N–H and O–H groups in total. The molecule has 0 rings (SSSR count). The van der Waals surface area contributed by atoms with Crippen LogP contribution in [0.15, 0.2) is 22.2 Å². The van der Waals surface area contributed by atoms with Crippen LogP contribution in [0.3, 0.4) is 0 Å². The van der Waals surface area contributed by atoms with E-state index < -0.39 is 0 Å². The molecule has 0 aromatic rings. The molecule has 0 aliphatic carbocycles. The van der Waals surface area contributed by atoms with Crippen molar-refractivity contribution in [3.05, 3.63) is 22.2 Å². The zero-order valence-corrected chi connectivity index (χ0v) is 10.8. The summed E-state index contributed by atoms with van der Waals surface area (Å²) in [6.45, 7) is 5.71. The standard InChI is InChI=1S/2C5H10ClN/c2*1-5(3-6)4-7-2/h2*3,7H,4H2,1-2H3/b2*5-3+. The smallest absolute Gasteiger partial charge is 0.0170 e. The van der Waals surface area contributed by atoms with Gasteiger partial charge in [-0.3, -0.25) is 0 Å². The van der Waals surface area contributed by atoms with Gasteiger partial charge in [0, 0.05) is 24.2 Å². The van der Waals surface area contributed by atoms with Crippen molar-refractivity contribution in [2.75, 3.05) is 27.2 Å². The average molecular weight is 239 g/mol. The molecule has 0 saturated heterocycles. The van der Waals surface area contributed by atoms with Gasteiger partial charge in [0.2, 0.25) is 0 Å². The van der Waals surface area contributed by atoms with Crippen molar-refractivity contribution in [1.29, 1.82) is 0 Å². The van der Waals surface area contributed by atoms with Gasteiger partial charge in [-0.2, -0.15) is 0 Å². The van der Waals surface area contributed by atoms with Crippen molar-refractivity contribution in [2.24, 2.45) is 0 Å². The third kappa shape index (κ3) is 14.5. The monoisotopic (exact) mass is 238 g/mol. The normalized spacial score (nSPS) is 12.1. The first kappa shape index (κ1) is 16.4. The molecule has 0 aromatic carbocycles. The zero-order chi connectivity index (χ0) is 11.4. The van der Waals surface area contributed by atoms with Gasteiger partial charge in [-0.25, -0.2) is 0 Å². The molecule has 0 spiro atoms. The molecule has 4 heteroatoms. The first-order valence-electron chi connectivity index (χ1n) is 4.43. The largest absolute Gasteiger partial charge is 0.316 e. The van der Waals surface area contributed by atoms with Gasteiger partial charge in [0.1, 0.15) is 0 Å². The summed E-state index contributed by atoms with van der Waals surface area (Å²) in [5.74, 6) is 0. The SMILES string of the molecule is CNC/C(C)=C/Cl.CNC/C(C)=C/Cl. The van der Waals surface area contributed by atoms with Crippen LogP contribution in [0.5, 0.6) is 0 Å². The Hall–Kier alpha value is -0.0200. The van der Waals surface area contributed by atoms with Gasteiger partial charge in [-0.15, -0.1) is 0 Å². The minimum atomic E-state index is 0.878. The van der Waals surface area contributed by atoms with Crippen molar-refractivity contribution < 1.29 is 0 Å². The number of halogens is 2. The number of likely N-dealkylation sites (N-methyl/N-ethyl adjacent to an activating group) is 2. The van der Waals surface area contributed by atoms with Crippen LogP contribution in [0.1, 0.15) is 13.8 Å². The lowest BCUT2D eigenvalue weighted by Gasteiger charge is -1.92. The molecular formula is C10H20Cl2N2. The number of hydrogen-bond acceptors (Lipinski definition) is 2. The van der Waals surface area contributed by atoms with Crippen LogP contribution in [-0.4, -0.2) is 27.2 Å². The van der Waals surface area contributed by atoms with E-state index in [0.717, 1.165) is 24.2 Å². The first-order valence-corrected chi connectivity index (χ1v) is 5.30. The summed E-state index contributed by atoms with van der Waals surface area (Å²) in [7, 11) is 3.79. The molecule has 0 amide bonds. The van der Waals surface area contributed by atoms with Crippen LogP contribution < -0.4 is 10.6 Å². The zero-order valence-electron chi connectivity index (χ0n) is 9.32. The van der Waals surface area contributed by atoms with Crippen molar-refractivity contribution in [3.8, 4) is 0 Å². The maximum absolute atomic E-state index is 5.33. The second-order valence-corrected chi connectivity index (χ2v) is 3.41. The Kier molecular flexibility index (Phi) is 15.2. The number of hydrogen-bond donors (Lipinski definition) is 2. The Morgan fingerprint density at radius 2 is 1.21 bits per heavy atom. The van der Waals surface area contributed by atoms with Crippen molar-refractivity contribution in [2.45, 2.75) is 13.8 Å². The molecule has 0 saturated carbocycles. The van der Waals surface area contributed by atoms with Crippen molar-refractivity contribution in [1.82, 2.24) is 10.6 Å². The molecule has 0 unspecified atom stereocenters. The molecule has 0 aliphatic heterocycles. The maximum Gasteiger partial charge on any atom is 0.0170 e. The molecule has 14 heavy (non-hydrogen) atoms. The molecule has 0 radical (unpaired) electrons. The molecule has 0 aliphatic rings. The lowest BCUT2D eigenvalue weighted by atomic mass is 10.4. The van der Waals surface area contributed by atoms with E-state index in [4.69, 9.17) is 23.2 Å². The fraction of sp³-hybridized carbons (Fsp3) is 0.600. The Morgan fingerprint density at radius 3 is 1.29 bits per heavy atom. The molecule has 0 heterocycles. The third-order valence-electron chi connectivity index (χ3n) is 1.28. The van der Waals surface area contributed by atoms with Gasteiger partial charge >= 0.3 is 0 Å². The fourth-order valence-electron chi connectivity index (χ4n) is 0.635. The summed E-state index contributed by atoms with van der Waals surface area (Å²) in [4.78, 5) is 0. The second-order valence-electron chi connectivity index (χ2n) is 2.97. The summed E-state index contributed by atoms with van der Waals surface area (Å²) in [6.07, 6.45) is 0. The van der Waals surface area contributed by atoms with E-state index in [1.165, 1.54) is 0 Å². The van der Waals surface area contributed by atoms with Crippen LogP contribution in [0, 0.1) is 0 Å². The van der Waals surface area contributed by atoms with Crippen LogP contribution in [0.25, 0.3) is 0 Å². The summed E-state index contributed by atoms with van der Waals surface area (Å²) >= 11 is 10.7. The van der Waals surface area contributed by atoms with Crippen LogP contribution in [-0.2, 0) is 0 Å². The second kappa shape index (κ2) is 13.0. The molecule has 0 fully saturated rings. The highest BCUT2D eigenvalue weighted by Gasteiger charge is 1.80. The highest BCUT2D eigenvalue weighted by Crippen LogP contribution is 1.90. The van der Waals surface area contributed by atoms with Gasteiger partial charge < -0.3 is 10.6 Å². The maximum atomic E-state index is 5.33.